The molecule has 2 heterocycles. The second-order valence-electron chi connectivity index (χ2n) is 5.26. The number of ether oxygens (including phenoxy) is 2. The van der Waals surface area contributed by atoms with E-state index in [-0.39, 0.29) is 12.0 Å². The Morgan fingerprint density at radius 1 is 1.36 bits per heavy atom. The van der Waals surface area contributed by atoms with Crippen LogP contribution in [0.2, 0.25) is 0 Å². The molecule has 2 N–H and O–H groups in total. The lowest BCUT2D eigenvalue weighted by Crippen LogP contribution is -2.40. The summed E-state index contributed by atoms with van der Waals surface area (Å²) in [6, 6.07) is 7.55. The Balaban J connectivity index is 1.37. The van der Waals surface area contributed by atoms with Gasteiger partial charge in [0, 0.05) is 12.6 Å². The van der Waals surface area contributed by atoms with Gasteiger partial charge in [-0.2, -0.15) is 5.10 Å². The lowest BCUT2D eigenvalue weighted by Gasteiger charge is -2.26. The van der Waals surface area contributed by atoms with Crippen LogP contribution in [-0.4, -0.2) is 35.4 Å². The van der Waals surface area contributed by atoms with Crippen molar-refractivity contribution in [3.63, 3.8) is 0 Å². The molecule has 116 valence electrons. The number of aryl methyl sites for hydroxylation is 1. The van der Waals surface area contributed by atoms with E-state index in [0.29, 0.717) is 19.6 Å². The zero-order chi connectivity index (χ0) is 15.2. The Hall–Kier alpha value is -2.50. The number of rotatable bonds is 6. The molecule has 1 aliphatic heterocycles. The smallest absolute Gasteiger partial charge is 0.220 e. The Labute approximate surface area is 128 Å². The molecule has 1 aromatic carbocycles. The maximum absolute atomic E-state index is 11.8. The molecular formula is C16H19N3O3. The van der Waals surface area contributed by atoms with Crippen LogP contribution < -0.4 is 14.8 Å². The fraction of sp³-hybridized carbons (Fsp3) is 0.375. The molecule has 0 fully saturated rings. The third-order valence-electron chi connectivity index (χ3n) is 3.52. The number of nitrogens with zero attached hydrogens (tertiary/aromatic N) is 1. The zero-order valence-corrected chi connectivity index (χ0v) is 12.2. The first-order valence-electron chi connectivity index (χ1n) is 7.44. The number of aromatic amines is 1. The number of amides is 1. The van der Waals surface area contributed by atoms with E-state index in [1.54, 1.807) is 6.20 Å². The van der Waals surface area contributed by atoms with E-state index in [0.717, 1.165) is 29.9 Å². The van der Waals surface area contributed by atoms with E-state index in [4.69, 9.17) is 9.47 Å². The predicted octanol–water partition coefficient (Wildman–Crippen LogP) is 1.69. The van der Waals surface area contributed by atoms with Gasteiger partial charge >= 0.3 is 0 Å². The summed E-state index contributed by atoms with van der Waals surface area (Å²) in [6.45, 7) is 0.908. The predicted molar refractivity (Wildman–Crippen MR) is 80.9 cm³/mol. The van der Waals surface area contributed by atoms with E-state index in [2.05, 4.69) is 15.5 Å². The number of fused-ring (bicyclic) bond motifs is 1. The number of para-hydroxylation sites is 2. The maximum Gasteiger partial charge on any atom is 0.220 e. The van der Waals surface area contributed by atoms with Crippen LogP contribution in [0.1, 0.15) is 18.4 Å². The number of hydrogen-bond donors (Lipinski definition) is 2. The van der Waals surface area contributed by atoms with Gasteiger partial charge in [0.15, 0.2) is 11.5 Å². The number of hydrogen-bond acceptors (Lipinski definition) is 4. The minimum Gasteiger partial charge on any atom is -0.486 e. The van der Waals surface area contributed by atoms with Gasteiger partial charge in [0.1, 0.15) is 12.7 Å². The van der Waals surface area contributed by atoms with Gasteiger partial charge in [0.2, 0.25) is 5.91 Å². The molecule has 1 aromatic heterocycles. The van der Waals surface area contributed by atoms with Gasteiger partial charge in [0.25, 0.3) is 0 Å². The van der Waals surface area contributed by atoms with Crippen LogP contribution in [0.15, 0.2) is 36.7 Å². The molecule has 0 saturated heterocycles. The molecule has 1 atom stereocenters. The summed E-state index contributed by atoms with van der Waals surface area (Å²) < 4.78 is 11.4. The van der Waals surface area contributed by atoms with Crippen molar-refractivity contribution in [1.29, 1.82) is 0 Å². The summed E-state index contributed by atoms with van der Waals surface area (Å²) in [4.78, 5) is 11.8. The van der Waals surface area contributed by atoms with Crippen LogP contribution in [0, 0.1) is 0 Å². The van der Waals surface area contributed by atoms with Crippen molar-refractivity contribution < 1.29 is 14.3 Å². The molecule has 3 rings (SSSR count). The van der Waals surface area contributed by atoms with Crippen molar-refractivity contribution in [3.8, 4) is 11.5 Å². The van der Waals surface area contributed by atoms with E-state index < -0.39 is 0 Å². The van der Waals surface area contributed by atoms with Crippen molar-refractivity contribution in [2.75, 3.05) is 13.2 Å². The summed E-state index contributed by atoms with van der Waals surface area (Å²) in [7, 11) is 0. The molecule has 0 radical (unpaired) electrons. The van der Waals surface area contributed by atoms with Crippen LogP contribution in [0.5, 0.6) is 11.5 Å². The van der Waals surface area contributed by atoms with Crippen molar-refractivity contribution in [1.82, 2.24) is 15.5 Å². The topological polar surface area (TPSA) is 76.2 Å². The van der Waals surface area contributed by atoms with Crippen molar-refractivity contribution in [3.05, 3.63) is 42.2 Å². The fourth-order valence-electron chi connectivity index (χ4n) is 2.35. The van der Waals surface area contributed by atoms with E-state index in [1.807, 2.05) is 30.5 Å². The molecular weight excluding hydrogens is 282 g/mol. The first-order chi connectivity index (χ1) is 10.8. The minimum atomic E-state index is -0.146. The van der Waals surface area contributed by atoms with Gasteiger partial charge in [-0.25, -0.2) is 0 Å². The van der Waals surface area contributed by atoms with Gasteiger partial charge < -0.3 is 14.8 Å². The molecule has 2 aromatic rings. The first-order valence-corrected chi connectivity index (χ1v) is 7.44. The highest BCUT2D eigenvalue weighted by molar-refractivity contribution is 5.75. The molecule has 0 spiro atoms. The van der Waals surface area contributed by atoms with Gasteiger partial charge in [-0.15, -0.1) is 0 Å². The molecule has 6 heteroatoms. The number of carbonyl (C=O) groups is 1. The van der Waals surface area contributed by atoms with Crippen LogP contribution >= 0.6 is 0 Å². The van der Waals surface area contributed by atoms with Crippen molar-refractivity contribution >= 4 is 5.91 Å². The Bertz CT molecular complexity index is 613. The Kier molecular flexibility index (Phi) is 4.58. The normalized spacial score (nSPS) is 16.3. The fourth-order valence-corrected chi connectivity index (χ4v) is 2.35. The van der Waals surface area contributed by atoms with Gasteiger partial charge in [-0.3, -0.25) is 9.89 Å². The molecule has 0 saturated carbocycles. The molecule has 1 amide bonds. The van der Waals surface area contributed by atoms with Crippen LogP contribution in [-0.2, 0) is 11.2 Å². The standard InChI is InChI=1S/C16H19N3O3/c20-16(7-3-4-12-8-18-19-9-12)17-10-13-11-21-14-5-1-2-6-15(14)22-13/h1-2,5-6,8-9,13H,3-4,7,10-11H2,(H,17,20)(H,18,19)/t13-/m0/s1. The maximum atomic E-state index is 11.8. The molecule has 1 aliphatic rings. The molecule has 0 aliphatic carbocycles. The third kappa shape index (κ3) is 3.78. The van der Waals surface area contributed by atoms with Crippen molar-refractivity contribution in [2.45, 2.75) is 25.4 Å². The minimum absolute atomic E-state index is 0.0333. The second kappa shape index (κ2) is 6.98. The summed E-state index contributed by atoms with van der Waals surface area (Å²) in [5.41, 5.74) is 1.12. The third-order valence-corrected chi connectivity index (χ3v) is 3.52. The largest absolute Gasteiger partial charge is 0.486 e. The van der Waals surface area contributed by atoms with Gasteiger partial charge in [-0.1, -0.05) is 12.1 Å². The summed E-state index contributed by atoms with van der Waals surface area (Å²) in [6.07, 6.45) is 5.63. The molecule has 0 bridgehead atoms. The number of carbonyl (C=O) groups excluding carboxylic acids is 1. The zero-order valence-electron chi connectivity index (χ0n) is 12.2. The highest BCUT2D eigenvalue weighted by atomic mass is 16.6. The van der Waals surface area contributed by atoms with Crippen LogP contribution in [0.25, 0.3) is 0 Å². The molecule has 0 unspecified atom stereocenters. The number of aromatic nitrogens is 2. The monoisotopic (exact) mass is 301 g/mol. The quantitative estimate of drug-likeness (QED) is 0.851. The van der Waals surface area contributed by atoms with Crippen LogP contribution in [0.4, 0.5) is 0 Å². The lowest BCUT2D eigenvalue weighted by molar-refractivity contribution is -0.121. The number of H-pyrrole nitrogens is 1. The molecule has 22 heavy (non-hydrogen) atoms. The summed E-state index contributed by atoms with van der Waals surface area (Å²) in [5.74, 6) is 1.52. The highest BCUT2D eigenvalue weighted by Crippen LogP contribution is 2.30. The SMILES string of the molecule is O=C(CCCc1cn[nH]c1)NC[C@H]1COc2ccccc2O1. The first kappa shape index (κ1) is 14.4. The van der Waals surface area contributed by atoms with Gasteiger partial charge in [0.05, 0.1) is 12.7 Å². The average molecular weight is 301 g/mol. The van der Waals surface area contributed by atoms with Crippen molar-refractivity contribution in [2.24, 2.45) is 0 Å². The van der Waals surface area contributed by atoms with E-state index in [1.165, 1.54) is 0 Å². The summed E-state index contributed by atoms with van der Waals surface area (Å²) in [5, 5.41) is 9.54. The van der Waals surface area contributed by atoms with E-state index >= 15 is 0 Å². The lowest BCUT2D eigenvalue weighted by atomic mass is 10.1. The summed E-state index contributed by atoms with van der Waals surface area (Å²) >= 11 is 0. The second-order valence-corrected chi connectivity index (χ2v) is 5.26. The number of benzene rings is 1. The highest BCUT2D eigenvalue weighted by Gasteiger charge is 2.20. The van der Waals surface area contributed by atoms with E-state index in [9.17, 15) is 4.79 Å². The molecule has 6 nitrogen and oxygen atoms in total. The number of nitrogens with one attached hydrogen (secondary N) is 2. The Morgan fingerprint density at radius 3 is 3.05 bits per heavy atom. The van der Waals surface area contributed by atoms with Crippen LogP contribution in [0.3, 0.4) is 0 Å². The Morgan fingerprint density at radius 2 is 2.23 bits per heavy atom. The average Bonchev–Trinajstić information content (AvgIpc) is 3.06. The van der Waals surface area contributed by atoms with Gasteiger partial charge in [-0.05, 0) is 30.5 Å².